The maximum absolute atomic E-state index is 13.5. The summed E-state index contributed by atoms with van der Waals surface area (Å²) in [6, 6.07) is 10.4. The van der Waals surface area contributed by atoms with E-state index >= 15 is 0 Å². The number of aliphatic hydroxyl groups excluding tert-OH is 1. The number of amides is 3. The number of phenols is 1. The monoisotopic (exact) mass is 550 g/mol. The van der Waals surface area contributed by atoms with Gasteiger partial charge in [-0.25, -0.2) is 5.01 Å². The molecule has 2 rings (SSSR count). The van der Waals surface area contributed by atoms with E-state index in [2.05, 4.69) is 16.7 Å². The molecule has 2 aromatic rings. The molecule has 0 aliphatic heterocycles. The lowest BCUT2D eigenvalue weighted by Crippen LogP contribution is -2.52. The van der Waals surface area contributed by atoms with Crippen molar-refractivity contribution in [2.45, 2.75) is 59.1 Å². The highest BCUT2D eigenvalue weighted by molar-refractivity contribution is 6.00. The van der Waals surface area contributed by atoms with Crippen molar-refractivity contribution in [2.75, 3.05) is 26.7 Å². The second kappa shape index (κ2) is 15.7. The van der Waals surface area contributed by atoms with Crippen LogP contribution in [0.1, 0.15) is 72.4 Å². The van der Waals surface area contributed by atoms with Gasteiger partial charge in [-0.3, -0.25) is 19.8 Å². The largest absolute Gasteiger partial charge is 0.508 e. The van der Waals surface area contributed by atoms with Gasteiger partial charge in [0.05, 0.1) is 12.1 Å². The van der Waals surface area contributed by atoms with E-state index in [0.717, 1.165) is 18.4 Å². The van der Waals surface area contributed by atoms with Gasteiger partial charge < -0.3 is 20.4 Å². The minimum atomic E-state index is -1.07. The molecule has 4 N–H and O–H groups in total. The highest BCUT2D eigenvalue weighted by Crippen LogP contribution is 2.16. The minimum Gasteiger partial charge on any atom is -0.508 e. The SMILES string of the molecule is C#Cc1cc(C(=O)NC(Cc2ccc(O)cc2)C(O)CN(C)NC(=O)C(C)C)cc(C(=O)N(CCC)CCC)c1. The average Bonchev–Trinajstić information content (AvgIpc) is 2.92. The summed E-state index contributed by atoms with van der Waals surface area (Å²) in [5.41, 5.74) is 4.42. The number of benzene rings is 2. The van der Waals surface area contributed by atoms with E-state index in [4.69, 9.17) is 6.42 Å². The predicted octanol–water partition coefficient (Wildman–Crippen LogP) is 2.96. The zero-order chi connectivity index (χ0) is 29.8. The molecule has 0 radical (unpaired) electrons. The quantitative estimate of drug-likeness (QED) is 0.212. The number of phenolic OH excluding ortho intramolecular Hbond substituents is 1. The molecule has 0 aliphatic carbocycles. The zero-order valence-electron chi connectivity index (χ0n) is 24.1. The summed E-state index contributed by atoms with van der Waals surface area (Å²) in [6.07, 6.45) is 6.44. The van der Waals surface area contributed by atoms with E-state index in [1.165, 1.54) is 29.3 Å². The van der Waals surface area contributed by atoms with Crippen molar-refractivity contribution >= 4 is 17.7 Å². The van der Waals surface area contributed by atoms with Crippen molar-refractivity contribution in [1.29, 1.82) is 0 Å². The van der Waals surface area contributed by atoms with Gasteiger partial charge in [0, 0.05) is 49.3 Å². The number of hydrazine groups is 1. The second-order valence-corrected chi connectivity index (χ2v) is 10.3. The molecule has 2 aromatic carbocycles. The molecule has 0 spiro atoms. The lowest BCUT2D eigenvalue weighted by atomic mass is 9.99. The smallest absolute Gasteiger partial charge is 0.253 e. The Balaban J connectivity index is 2.34. The summed E-state index contributed by atoms with van der Waals surface area (Å²) >= 11 is 0. The van der Waals surface area contributed by atoms with Crippen molar-refractivity contribution < 1.29 is 24.6 Å². The normalized spacial score (nSPS) is 12.5. The number of carbonyl (C=O) groups excluding carboxylic acids is 3. The fourth-order valence-electron chi connectivity index (χ4n) is 4.19. The zero-order valence-corrected chi connectivity index (χ0v) is 24.1. The fourth-order valence-corrected chi connectivity index (χ4v) is 4.19. The first-order valence-electron chi connectivity index (χ1n) is 13.7. The van der Waals surface area contributed by atoms with Crippen LogP contribution < -0.4 is 10.7 Å². The van der Waals surface area contributed by atoms with Crippen LogP contribution in [0.25, 0.3) is 0 Å². The van der Waals surface area contributed by atoms with Gasteiger partial charge >= 0.3 is 0 Å². The Labute approximate surface area is 237 Å². The van der Waals surface area contributed by atoms with Crippen LogP contribution >= 0.6 is 0 Å². The summed E-state index contributed by atoms with van der Waals surface area (Å²) in [5.74, 6) is 1.49. The van der Waals surface area contributed by atoms with Crippen LogP contribution in [0.3, 0.4) is 0 Å². The number of hydrogen-bond donors (Lipinski definition) is 4. The van der Waals surface area contributed by atoms with Gasteiger partial charge in [0.15, 0.2) is 0 Å². The van der Waals surface area contributed by atoms with Gasteiger partial charge in [0.2, 0.25) is 5.91 Å². The van der Waals surface area contributed by atoms with E-state index in [1.54, 1.807) is 44.0 Å². The molecule has 0 heterocycles. The number of hydrogen-bond acceptors (Lipinski definition) is 6. The molecular weight excluding hydrogens is 508 g/mol. The Hall–Kier alpha value is -3.87. The molecule has 0 fully saturated rings. The number of nitrogens with zero attached hydrogens (tertiary/aromatic N) is 2. The molecule has 2 unspecified atom stereocenters. The molecule has 0 saturated carbocycles. The highest BCUT2D eigenvalue weighted by Gasteiger charge is 2.26. The first-order chi connectivity index (χ1) is 19.0. The van der Waals surface area contributed by atoms with Gasteiger partial charge in [-0.1, -0.05) is 45.7 Å². The Kier molecular flexibility index (Phi) is 12.7. The molecule has 3 amide bonds. The number of carbonyl (C=O) groups is 3. The van der Waals surface area contributed by atoms with Crippen molar-refractivity contribution in [3.05, 3.63) is 64.7 Å². The molecule has 9 nitrogen and oxygen atoms in total. The average molecular weight is 551 g/mol. The van der Waals surface area contributed by atoms with Gasteiger partial charge in [0.1, 0.15) is 5.75 Å². The fraction of sp³-hybridized carbons (Fsp3) is 0.452. The Bertz CT molecular complexity index is 1180. The van der Waals surface area contributed by atoms with Crippen LogP contribution in [0.4, 0.5) is 0 Å². The number of aromatic hydroxyl groups is 1. The van der Waals surface area contributed by atoms with Gasteiger partial charge in [-0.15, -0.1) is 6.42 Å². The van der Waals surface area contributed by atoms with Crippen LogP contribution in [0.5, 0.6) is 5.75 Å². The summed E-state index contributed by atoms with van der Waals surface area (Å²) in [7, 11) is 1.63. The summed E-state index contributed by atoms with van der Waals surface area (Å²) in [5, 5.41) is 25.2. The van der Waals surface area contributed by atoms with E-state index in [-0.39, 0.29) is 42.0 Å². The summed E-state index contributed by atoms with van der Waals surface area (Å²) in [4.78, 5) is 40.6. The van der Waals surface area contributed by atoms with Gasteiger partial charge in [-0.05, 0) is 55.2 Å². The third-order valence-electron chi connectivity index (χ3n) is 6.34. The van der Waals surface area contributed by atoms with Crippen molar-refractivity contribution in [3.63, 3.8) is 0 Å². The van der Waals surface area contributed by atoms with Crippen molar-refractivity contribution in [2.24, 2.45) is 5.92 Å². The molecule has 0 bridgehead atoms. The van der Waals surface area contributed by atoms with Gasteiger partial charge in [0.25, 0.3) is 11.8 Å². The molecule has 216 valence electrons. The third kappa shape index (κ3) is 9.70. The second-order valence-electron chi connectivity index (χ2n) is 10.3. The molecule has 40 heavy (non-hydrogen) atoms. The van der Waals surface area contributed by atoms with E-state index in [1.807, 2.05) is 13.8 Å². The van der Waals surface area contributed by atoms with Gasteiger partial charge in [-0.2, -0.15) is 0 Å². The molecule has 0 aromatic heterocycles. The molecule has 2 atom stereocenters. The summed E-state index contributed by atoms with van der Waals surface area (Å²) < 4.78 is 0. The number of rotatable bonds is 14. The molecular formula is C31H42N4O5. The van der Waals surface area contributed by atoms with Crippen LogP contribution in [-0.4, -0.2) is 76.7 Å². The lowest BCUT2D eigenvalue weighted by Gasteiger charge is -2.29. The van der Waals surface area contributed by atoms with Crippen molar-refractivity contribution in [1.82, 2.24) is 20.7 Å². The Morgan fingerprint density at radius 2 is 1.60 bits per heavy atom. The maximum atomic E-state index is 13.5. The number of nitrogens with one attached hydrogen (secondary N) is 2. The minimum absolute atomic E-state index is 0.0403. The topological polar surface area (TPSA) is 122 Å². The Morgan fingerprint density at radius 3 is 2.15 bits per heavy atom. The summed E-state index contributed by atoms with van der Waals surface area (Å²) in [6.45, 7) is 8.75. The highest BCUT2D eigenvalue weighted by atomic mass is 16.3. The van der Waals surface area contributed by atoms with Crippen LogP contribution in [0.2, 0.25) is 0 Å². The predicted molar refractivity (Wildman–Crippen MR) is 156 cm³/mol. The van der Waals surface area contributed by atoms with E-state index in [9.17, 15) is 24.6 Å². The third-order valence-corrected chi connectivity index (χ3v) is 6.34. The van der Waals surface area contributed by atoms with Crippen LogP contribution in [0.15, 0.2) is 42.5 Å². The van der Waals surface area contributed by atoms with Crippen molar-refractivity contribution in [3.8, 4) is 18.1 Å². The molecule has 9 heteroatoms. The Morgan fingerprint density at radius 1 is 1.00 bits per heavy atom. The first-order valence-corrected chi connectivity index (χ1v) is 13.7. The van der Waals surface area contributed by atoms with Crippen LogP contribution in [-0.2, 0) is 11.2 Å². The van der Waals surface area contributed by atoms with Crippen LogP contribution in [0, 0.1) is 18.3 Å². The molecule has 0 aliphatic rings. The maximum Gasteiger partial charge on any atom is 0.253 e. The van der Waals surface area contributed by atoms with E-state index in [0.29, 0.717) is 24.2 Å². The standard InChI is InChI=1S/C31H42N4O5/c1-7-14-35(15-8-2)31(40)25-17-22(9-3)16-24(19-25)30(39)32-27(18-23-10-12-26(36)13-11-23)28(37)20-34(6)33-29(38)21(4)5/h3,10-13,16-17,19,21,27-28,36-37H,7-8,14-15,18,20H2,1-2,4-6H3,(H,32,39)(H,33,38). The molecule has 0 saturated heterocycles. The number of likely N-dealkylation sites (N-methyl/N-ethyl adjacent to an activating group) is 1. The number of terminal acetylenes is 1. The number of aliphatic hydroxyl groups is 1. The lowest BCUT2D eigenvalue weighted by molar-refractivity contribution is -0.129. The van der Waals surface area contributed by atoms with E-state index < -0.39 is 18.1 Å². The first kappa shape index (κ1) is 32.3.